The molecule has 2 aromatic rings. The van der Waals surface area contributed by atoms with Crippen LogP contribution in [0.4, 0.5) is 8.78 Å². The van der Waals surface area contributed by atoms with Crippen LogP contribution >= 0.6 is 0 Å². The molecule has 6 heteroatoms. The van der Waals surface area contributed by atoms with Gasteiger partial charge in [-0.1, -0.05) is 13.8 Å². The Balaban J connectivity index is 1.95. The quantitative estimate of drug-likeness (QED) is 0.777. The average Bonchev–Trinajstić information content (AvgIpc) is 3.13. The first-order valence-corrected chi connectivity index (χ1v) is 8.61. The first-order chi connectivity index (χ1) is 11.9. The lowest BCUT2D eigenvalue weighted by Gasteiger charge is -2.25. The molecule has 132 valence electrons. The molecule has 4 nitrogen and oxygen atoms in total. The summed E-state index contributed by atoms with van der Waals surface area (Å²) in [6.45, 7) is 6.35. The van der Waals surface area contributed by atoms with Crippen LogP contribution in [0.2, 0.25) is 0 Å². The van der Waals surface area contributed by atoms with Gasteiger partial charge in [-0.2, -0.15) is 5.10 Å². The molecule has 2 aliphatic rings. The van der Waals surface area contributed by atoms with Gasteiger partial charge < -0.3 is 4.74 Å². The average molecular weight is 346 g/mol. The number of fused-ring (bicyclic) bond motifs is 5. The van der Waals surface area contributed by atoms with Crippen LogP contribution in [0.5, 0.6) is 0 Å². The van der Waals surface area contributed by atoms with E-state index in [1.54, 1.807) is 6.92 Å². The Labute approximate surface area is 144 Å². The third-order valence-electron chi connectivity index (χ3n) is 5.78. The Hall–Kier alpha value is -2.24. The van der Waals surface area contributed by atoms with Gasteiger partial charge in [0.1, 0.15) is 11.5 Å². The van der Waals surface area contributed by atoms with Gasteiger partial charge >= 0.3 is 5.97 Å². The zero-order valence-electron chi connectivity index (χ0n) is 14.5. The Kier molecular flexibility index (Phi) is 3.49. The van der Waals surface area contributed by atoms with Gasteiger partial charge in [0.25, 0.3) is 0 Å². The van der Waals surface area contributed by atoms with E-state index in [4.69, 9.17) is 4.74 Å². The number of hydrogen-bond acceptors (Lipinski definition) is 3. The maximum absolute atomic E-state index is 14.4. The molecule has 1 saturated carbocycles. The zero-order valence-corrected chi connectivity index (χ0v) is 14.5. The largest absolute Gasteiger partial charge is 0.461 e. The summed E-state index contributed by atoms with van der Waals surface area (Å²) >= 11 is 0. The molecule has 0 N–H and O–H groups in total. The van der Waals surface area contributed by atoms with E-state index in [1.165, 1.54) is 16.8 Å². The fourth-order valence-electron chi connectivity index (χ4n) is 4.63. The normalized spacial score (nSPS) is 22.9. The van der Waals surface area contributed by atoms with Crippen LogP contribution in [0.25, 0.3) is 5.69 Å². The topological polar surface area (TPSA) is 44.1 Å². The molecule has 0 saturated heterocycles. The number of carbonyl (C=O) groups is 1. The molecule has 0 aliphatic heterocycles. The van der Waals surface area contributed by atoms with E-state index in [9.17, 15) is 13.6 Å². The van der Waals surface area contributed by atoms with Gasteiger partial charge in [0, 0.05) is 17.5 Å². The van der Waals surface area contributed by atoms with Gasteiger partial charge in [0.05, 0.1) is 12.3 Å². The molecule has 1 heterocycles. The lowest BCUT2D eigenvalue weighted by Crippen LogP contribution is -2.19. The standard InChI is InChI=1S/C19H20F2N2O2/c1-4-25-18(24)16-15-11-6-7-12(19(11,2)3)17(15)23(22-16)14-8-5-10(20)9-13(14)21/h5,8-9,11-12H,4,6-7H2,1-3H3/t11?,12-/m1/s1. The van der Waals surface area contributed by atoms with E-state index >= 15 is 0 Å². The maximum atomic E-state index is 14.4. The molecule has 2 atom stereocenters. The van der Waals surface area contributed by atoms with Crippen LogP contribution < -0.4 is 0 Å². The maximum Gasteiger partial charge on any atom is 0.359 e. The molecule has 2 bridgehead atoms. The van der Waals surface area contributed by atoms with Crippen molar-refractivity contribution >= 4 is 5.97 Å². The minimum Gasteiger partial charge on any atom is -0.461 e. The van der Waals surface area contributed by atoms with E-state index in [0.29, 0.717) is 0 Å². The summed E-state index contributed by atoms with van der Waals surface area (Å²) in [5.74, 6) is -1.43. The smallest absolute Gasteiger partial charge is 0.359 e. The SMILES string of the molecule is CCOC(=O)c1nn(-c2ccc(F)cc2F)c2c1C1CC[C@H]2C1(C)C. The minimum absolute atomic E-state index is 0.0207. The van der Waals surface area contributed by atoms with Crippen LogP contribution in [-0.2, 0) is 4.74 Å². The van der Waals surface area contributed by atoms with Gasteiger partial charge in [0.15, 0.2) is 11.5 Å². The monoisotopic (exact) mass is 346 g/mol. The van der Waals surface area contributed by atoms with E-state index in [-0.39, 0.29) is 35.2 Å². The molecule has 0 amide bonds. The number of carbonyl (C=O) groups excluding carboxylic acids is 1. The molecular weight excluding hydrogens is 326 g/mol. The Morgan fingerprint density at radius 2 is 2.04 bits per heavy atom. The molecule has 0 spiro atoms. The van der Waals surface area contributed by atoms with Crippen molar-refractivity contribution in [1.82, 2.24) is 9.78 Å². The molecule has 0 radical (unpaired) electrons. The van der Waals surface area contributed by atoms with Gasteiger partial charge in [0.2, 0.25) is 0 Å². The highest BCUT2D eigenvalue weighted by molar-refractivity contribution is 5.90. The lowest BCUT2D eigenvalue weighted by atomic mass is 9.80. The third-order valence-corrected chi connectivity index (χ3v) is 5.78. The summed E-state index contributed by atoms with van der Waals surface area (Å²) in [7, 11) is 0. The highest BCUT2D eigenvalue weighted by atomic mass is 19.1. The van der Waals surface area contributed by atoms with Gasteiger partial charge in [-0.15, -0.1) is 0 Å². The molecule has 25 heavy (non-hydrogen) atoms. The van der Waals surface area contributed by atoms with Gasteiger partial charge in [-0.25, -0.2) is 18.3 Å². The predicted octanol–water partition coefficient (Wildman–Crippen LogP) is 4.33. The molecule has 2 aliphatic carbocycles. The van der Waals surface area contributed by atoms with Crippen LogP contribution in [-0.4, -0.2) is 22.4 Å². The summed E-state index contributed by atoms with van der Waals surface area (Å²) in [6, 6.07) is 3.41. The second kappa shape index (κ2) is 5.38. The summed E-state index contributed by atoms with van der Waals surface area (Å²) in [5, 5.41) is 4.40. The summed E-state index contributed by atoms with van der Waals surface area (Å²) in [5.41, 5.74) is 2.16. The second-order valence-electron chi connectivity index (χ2n) is 7.38. The summed E-state index contributed by atoms with van der Waals surface area (Å²) in [4.78, 5) is 12.4. The minimum atomic E-state index is -0.693. The Morgan fingerprint density at radius 3 is 2.72 bits per heavy atom. The molecule has 4 rings (SSSR count). The number of rotatable bonds is 3. The first-order valence-electron chi connectivity index (χ1n) is 8.61. The fourth-order valence-corrected chi connectivity index (χ4v) is 4.63. The number of halogens is 2. The van der Waals surface area contributed by atoms with Crippen molar-refractivity contribution < 1.29 is 18.3 Å². The van der Waals surface area contributed by atoms with Crippen molar-refractivity contribution in [2.45, 2.75) is 45.4 Å². The Morgan fingerprint density at radius 1 is 1.32 bits per heavy atom. The zero-order chi connectivity index (χ0) is 17.9. The van der Waals surface area contributed by atoms with Crippen LogP contribution in [0.15, 0.2) is 18.2 Å². The van der Waals surface area contributed by atoms with E-state index in [2.05, 4.69) is 18.9 Å². The van der Waals surface area contributed by atoms with Gasteiger partial charge in [-0.3, -0.25) is 0 Å². The molecule has 1 fully saturated rings. The van der Waals surface area contributed by atoms with E-state index < -0.39 is 17.6 Å². The number of nitrogens with zero attached hydrogens (tertiary/aromatic N) is 2. The fraction of sp³-hybridized carbons (Fsp3) is 0.474. The Bertz CT molecular complexity index is 873. The van der Waals surface area contributed by atoms with Crippen LogP contribution in [0.3, 0.4) is 0 Å². The van der Waals surface area contributed by atoms with E-state index in [0.717, 1.165) is 30.2 Å². The van der Waals surface area contributed by atoms with E-state index in [1.807, 2.05) is 0 Å². The van der Waals surface area contributed by atoms with Crippen molar-refractivity contribution in [3.63, 3.8) is 0 Å². The van der Waals surface area contributed by atoms with Crippen molar-refractivity contribution in [3.05, 3.63) is 46.8 Å². The summed E-state index contributed by atoms with van der Waals surface area (Å²) in [6.07, 6.45) is 1.95. The number of esters is 1. The molecule has 1 aromatic carbocycles. The highest BCUT2D eigenvalue weighted by Crippen LogP contribution is 2.65. The number of aromatic nitrogens is 2. The molecular formula is C19H20F2N2O2. The van der Waals surface area contributed by atoms with Gasteiger partial charge in [-0.05, 0) is 43.2 Å². The number of hydrogen-bond donors (Lipinski definition) is 0. The summed E-state index contributed by atoms with van der Waals surface area (Å²) < 4.78 is 34.3. The predicted molar refractivity (Wildman–Crippen MR) is 87.9 cm³/mol. The number of ether oxygens (including phenoxy) is 1. The number of benzene rings is 1. The first kappa shape index (κ1) is 16.2. The second-order valence-corrected chi connectivity index (χ2v) is 7.38. The lowest BCUT2D eigenvalue weighted by molar-refractivity contribution is 0.0516. The third kappa shape index (κ3) is 2.16. The highest BCUT2D eigenvalue weighted by Gasteiger charge is 2.56. The van der Waals surface area contributed by atoms with Crippen LogP contribution in [0, 0.1) is 17.0 Å². The van der Waals surface area contributed by atoms with Crippen molar-refractivity contribution in [3.8, 4) is 5.69 Å². The molecule has 1 unspecified atom stereocenters. The van der Waals surface area contributed by atoms with Crippen LogP contribution in [0.1, 0.15) is 67.2 Å². The van der Waals surface area contributed by atoms with Crippen molar-refractivity contribution in [2.24, 2.45) is 5.41 Å². The van der Waals surface area contributed by atoms with Crippen molar-refractivity contribution in [1.29, 1.82) is 0 Å². The van der Waals surface area contributed by atoms with Crippen molar-refractivity contribution in [2.75, 3.05) is 6.61 Å². The molecule has 1 aromatic heterocycles.